The predicted molar refractivity (Wildman–Crippen MR) is 103 cm³/mol. The Morgan fingerprint density at radius 2 is 2.03 bits per heavy atom. The van der Waals surface area contributed by atoms with Gasteiger partial charge in [-0.3, -0.25) is 9.59 Å². The van der Waals surface area contributed by atoms with Crippen LogP contribution in [0.15, 0.2) is 36.7 Å². The molecule has 0 spiro atoms. The van der Waals surface area contributed by atoms with E-state index in [0.29, 0.717) is 22.2 Å². The number of carbonyl (C=O) groups is 2. The van der Waals surface area contributed by atoms with Gasteiger partial charge in [0.25, 0.3) is 11.8 Å². The van der Waals surface area contributed by atoms with E-state index in [-0.39, 0.29) is 0 Å². The van der Waals surface area contributed by atoms with E-state index in [0.717, 1.165) is 10.5 Å². The molecule has 1 N–H and O–H groups in total. The number of likely N-dealkylation sites (tertiary alicyclic amines) is 1. The highest BCUT2D eigenvalue weighted by Gasteiger charge is 2.47. The van der Waals surface area contributed by atoms with Gasteiger partial charge in [-0.05, 0) is 23.8 Å². The summed E-state index contributed by atoms with van der Waals surface area (Å²) in [6.45, 7) is -0.833. The van der Waals surface area contributed by atoms with Crippen molar-refractivity contribution in [2.24, 2.45) is 0 Å². The normalized spacial score (nSPS) is 17.8. The standard InChI is InChI=1S/C19H16Cl2F2N4O2/c20-15-2-1-12(5-16(15)21)9-26-4-3-13(10-26)18(29)25-8-17(28)27-11-19(22,23)6-14(27)7-24/h1-5,10,14H,6,8-9,11H2,(H,25,29)/t14-/m0/s1. The maximum absolute atomic E-state index is 13.4. The van der Waals surface area contributed by atoms with Crippen LogP contribution in [0, 0.1) is 11.3 Å². The van der Waals surface area contributed by atoms with E-state index < -0.39 is 43.3 Å². The molecule has 3 rings (SSSR count). The number of amides is 2. The minimum Gasteiger partial charge on any atom is -0.349 e. The lowest BCUT2D eigenvalue weighted by atomic mass is 10.2. The van der Waals surface area contributed by atoms with Gasteiger partial charge in [0, 0.05) is 25.4 Å². The lowest BCUT2D eigenvalue weighted by Crippen LogP contribution is -2.42. The van der Waals surface area contributed by atoms with Gasteiger partial charge < -0.3 is 14.8 Å². The maximum Gasteiger partial charge on any atom is 0.268 e. The third-order valence-electron chi connectivity index (χ3n) is 4.50. The highest BCUT2D eigenvalue weighted by atomic mass is 35.5. The van der Waals surface area contributed by atoms with Crippen LogP contribution in [0.25, 0.3) is 0 Å². The molecule has 29 heavy (non-hydrogen) atoms. The van der Waals surface area contributed by atoms with Gasteiger partial charge in [-0.15, -0.1) is 0 Å². The van der Waals surface area contributed by atoms with E-state index >= 15 is 0 Å². The van der Waals surface area contributed by atoms with Crippen LogP contribution in [-0.2, 0) is 11.3 Å². The summed E-state index contributed by atoms with van der Waals surface area (Å²) in [6, 6.07) is 7.28. The molecular formula is C19H16Cl2F2N4O2. The van der Waals surface area contributed by atoms with Crippen LogP contribution in [0.2, 0.25) is 10.0 Å². The van der Waals surface area contributed by atoms with Crippen molar-refractivity contribution in [2.75, 3.05) is 13.1 Å². The maximum atomic E-state index is 13.4. The van der Waals surface area contributed by atoms with Gasteiger partial charge in [0.1, 0.15) is 6.04 Å². The average molecular weight is 441 g/mol. The van der Waals surface area contributed by atoms with Gasteiger partial charge in [-0.1, -0.05) is 29.3 Å². The zero-order chi connectivity index (χ0) is 21.2. The molecule has 1 atom stereocenters. The summed E-state index contributed by atoms with van der Waals surface area (Å²) in [4.78, 5) is 25.2. The first-order chi connectivity index (χ1) is 13.7. The number of nitriles is 1. The number of halogens is 4. The highest BCUT2D eigenvalue weighted by Crippen LogP contribution is 2.31. The number of aromatic nitrogens is 1. The molecule has 152 valence electrons. The second-order valence-corrected chi connectivity index (χ2v) is 7.54. The van der Waals surface area contributed by atoms with Crippen molar-refractivity contribution in [2.45, 2.75) is 24.9 Å². The zero-order valence-corrected chi connectivity index (χ0v) is 16.6. The van der Waals surface area contributed by atoms with E-state index in [1.165, 1.54) is 0 Å². The van der Waals surface area contributed by atoms with Gasteiger partial charge >= 0.3 is 0 Å². The van der Waals surface area contributed by atoms with Crippen molar-refractivity contribution < 1.29 is 18.4 Å². The van der Waals surface area contributed by atoms with Gasteiger partial charge in [-0.2, -0.15) is 5.26 Å². The predicted octanol–water partition coefficient (Wildman–Crippen LogP) is 3.33. The molecule has 2 heterocycles. The van der Waals surface area contributed by atoms with Gasteiger partial charge in [0.2, 0.25) is 5.91 Å². The van der Waals surface area contributed by atoms with Crippen LogP contribution in [0.1, 0.15) is 22.3 Å². The van der Waals surface area contributed by atoms with Crippen molar-refractivity contribution in [1.29, 1.82) is 5.26 Å². The zero-order valence-electron chi connectivity index (χ0n) is 15.0. The van der Waals surface area contributed by atoms with Gasteiger partial charge in [0.05, 0.1) is 34.8 Å². The summed E-state index contributed by atoms with van der Waals surface area (Å²) >= 11 is 11.9. The fraction of sp³-hybridized carbons (Fsp3) is 0.316. The molecule has 0 bridgehead atoms. The Morgan fingerprint density at radius 1 is 1.28 bits per heavy atom. The lowest BCUT2D eigenvalue weighted by molar-refractivity contribution is -0.131. The second kappa shape index (κ2) is 8.39. The van der Waals surface area contributed by atoms with Gasteiger partial charge in [0.15, 0.2) is 0 Å². The molecule has 0 unspecified atom stereocenters. The summed E-state index contributed by atoms with van der Waals surface area (Å²) in [5.74, 6) is -4.34. The molecule has 10 heteroatoms. The Morgan fingerprint density at radius 3 is 2.72 bits per heavy atom. The molecule has 1 fully saturated rings. The topological polar surface area (TPSA) is 78.1 Å². The van der Waals surface area contributed by atoms with Crippen LogP contribution in [-0.4, -0.2) is 46.3 Å². The summed E-state index contributed by atoms with van der Waals surface area (Å²) in [5, 5.41) is 12.2. The number of carbonyl (C=O) groups excluding carboxylic acids is 2. The molecule has 2 amide bonds. The largest absolute Gasteiger partial charge is 0.349 e. The molecule has 6 nitrogen and oxygen atoms in total. The smallest absolute Gasteiger partial charge is 0.268 e. The van der Waals surface area contributed by atoms with E-state index in [2.05, 4.69) is 5.32 Å². The number of nitrogens with one attached hydrogen (secondary N) is 1. The van der Waals surface area contributed by atoms with Crippen LogP contribution < -0.4 is 5.32 Å². The Labute approximate surface area is 175 Å². The molecule has 0 radical (unpaired) electrons. The molecule has 2 aromatic rings. The van der Waals surface area contributed by atoms with Crippen LogP contribution in [0.4, 0.5) is 8.78 Å². The molecule has 1 aromatic carbocycles. The molecule has 1 aromatic heterocycles. The monoisotopic (exact) mass is 440 g/mol. The number of rotatable bonds is 5. The first-order valence-corrected chi connectivity index (χ1v) is 9.39. The summed E-state index contributed by atoms with van der Waals surface area (Å²) in [7, 11) is 0. The molecular weight excluding hydrogens is 425 g/mol. The van der Waals surface area contributed by atoms with Crippen LogP contribution in [0.3, 0.4) is 0 Å². The quantitative estimate of drug-likeness (QED) is 0.774. The average Bonchev–Trinajstić information content (AvgIpc) is 3.26. The molecule has 1 saturated heterocycles. The second-order valence-electron chi connectivity index (χ2n) is 6.73. The SMILES string of the molecule is N#C[C@@H]1CC(F)(F)CN1C(=O)CNC(=O)c1ccn(Cc2ccc(Cl)c(Cl)c2)c1. The Balaban J connectivity index is 1.57. The Kier molecular flexibility index (Phi) is 6.10. The van der Waals surface area contributed by atoms with Crippen molar-refractivity contribution in [3.63, 3.8) is 0 Å². The first kappa shape index (κ1) is 21.1. The summed E-state index contributed by atoms with van der Waals surface area (Å²) < 4.78 is 28.6. The summed E-state index contributed by atoms with van der Waals surface area (Å²) in [5.41, 5.74) is 1.19. The van der Waals surface area contributed by atoms with Crippen molar-refractivity contribution >= 4 is 35.0 Å². The Hall–Kier alpha value is -2.63. The van der Waals surface area contributed by atoms with E-state index in [1.807, 2.05) is 6.07 Å². The third-order valence-corrected chi connectivity index (χ3v) is 5.24. The Bertz CT molecular complexity index is 987. The van der Waals surface area contributed by atoms with Crippen molar-refractivity contribution in [3.8, 4) is 6.07 Å². The fourth-order valence-electron chi connectivity index (χ4n) is 3.08. The highest BCUT2D eigenvalue weighted by molar-refractivity contribution is 6.42. The van der Waals surface area contributed by atoms with Crippen LogP contribution in [0.5, 0.6) is 0 Å². The van der Waals surface area contributed by atoms with Crippen molar-refractivity contribution in [3.05, 3.63) is 57.8 Å². The minimum absolute atomic E-state index is 0.307. The number of hydrogen-bond donors (Lipinski definition) is 1. The van der Waals surface area contributed by atoms with E-state index in [1.54, 1.807) is 41.2 Å². The van der Waals surface area contributed by atoms with Crippen molar-refractivity contribution in [1.82, 2.24) is 14.8 Å². The van der Waals surface area contributed by atoms with Crippen LogP contribution >= 0.6 is 23.2 Å². The first-order valence-electron chi connectivity index (χ1n) is 8.63. The third kappa shape index (κ3) is 5.05. The minimum atomic E-state index is -3.10. The number of alkyl halides is 2. The van der Waals surface area contributed by atoms with E-state index in [4.69, 9.17) is 28.5 Å². The number of nitrogens with zero attached hydrogens (tertiary/aromatic N) is 3. The number of benzene rings is 1. The van der Waals surface area contributed by atoms with E-state index in [9.17, 15) is 18.4 Å². The fourth-order valence-corrected chi connectivity index (χ4v) is 3.40. The molecule has 1 aliphatic rings. The number of hydrogen-bond acceptors (Lipinski definition) is 3. The summed E-state index contributed by atoms with van der Waals surface area (Å²) in [6.07, 6.45) is 2.58. The lowest BCUT2D eigenvalue weighted by Gasteiger charge is -2.19. The molecule has 0 saturated carbocycles. The van der Waals surface area contributed by atoms with Gasteiger partial charge in [-0.25, -0.2) is 8.78 Å². The molecule has 1 aliphatic heterocycles. The molecule has 0 aliphatic carbocycles.